The van der Waals surface area contributed by atoms with Gasteiger partial charge in [-0.15, -0.1) is 0 Å². The number of benzene rings is 1. The molecular formula is C20H28Cl2N4O3. The van der Waals surface area contributed by atoms with Gasteiger partial charge >= 0.3 is 6.03 Å². The summed E-state index contributed by atoms with van der Waals surface area (Å²) in [6, 6.07) is 4.17. The number of hydrogen-bond acceptors (Lipinski definition) is 4. The second kappa shape index (κ2) is 9.98. The van der Waals surface area contributed by atoms with Crippen LogP contribution < -0.4 is 5.32 Å². The van der Waals surface area contributed by atoms with Crippen molar-refractivity contribution in [3.8, 4) is 0 Å². The number of rotatable bonds is 4. The van der Waals surface area contributed by atoms with Crippen LogP contribution in [0.1, 0.15) is 32.6 Å². The fourth-order valence-electron chi connectivity index (χ4n) is 3.88. The number of piperazine rings is 1. The SMILES string of the molecule is CC1C(O)N(CCC(=O)N2CCCCC2)CCN1C(=O)Nc1ccc(Cl)c(Cl)c1. The first kappa shape index (κ1) is 22.2. The van der Waals surface area contributed by atoms with Gasteiger partial charge in [-0.1, -0.05) is 23.2 Å². The number of piperidine rings is 1. The Labute approximate surface area is 181 Å². The second-order valence-corrected chi connectivity index (χ2v) is 8.45. The van der Waals surface area contributed by atoms with Crippen LogP contribution in [0, 0.1) is 0 Å². The number of carbonyl (C=O) groups excluding carboxylic acids is 2. The highest BCUT2D eigenvalue weighted by molar-refractivity contribution is 6.42. The maximum Gasteiger partial charge on any atom is 0.322 e. The number of amides is 3. The van der Waals surface area contributed by atoms with E-state index in [2.05, 4.69) is 5.32 Å². The minimum atomic E-state index is -0.822. The smallest absolute Gasteiger partial charge is 0.322 e. The fourth-order valence-corrected chi connectivity index (χ4v) is 4.18. The molecule has 2 aliphatic heterocycles. The number of urea groups is 1. The van der Waals surface area contributed by atoms with Crippen molar-refractivity contribution in [1.29, 1.82) is 0 Å². The van der Waals surface area contributed by atoms with Gasteiger partial charge in [-0.2, -0.15) is 0 Å². The third-order valence-corrected chi connectivity index (χ3v) is 6.42. The summed E-state index contributed by atoms with van der Waals surface area (Å²) in [7, 11) is 0. The molecule has 9 heteroatoms. The normalized spacial score (nSPS) is 23.2. The summed E-state index contributed by atoms with van der Waals surface area (Å²) in [5, 5.41) is 14.2. The number of halogens is 2. The Morgan fingerprint density at radius 1 is 1.10 bits per heavy atom. The molecule has 3 rings (SSSR count). The largest absolute Gasteiger partial charge is 0.376 e. The molecular weight excluding hydrogens is 415 g/mol. The van der Waals surface area contributed by atoms with E-state index >= 15 is 0 Å². The number of aliphatic hydroxyl groups excluding tert-OH is 1. The topological polar surface area (TPSA) is 76.1 Å². The number of likely N-dealkylation sites (tertiary alicyclic amines) is 1. The van der Waals surface area contributed by atoms with Gasteiger partial charge in [-0.3, -0.25) is 9.69 Å². The number of anilines is 1. The molecule has 160 valence electrons. The summed E-state index contributed by atoms with van der Waals surface area (Å²) in [4.78, 5) is 30.4. The first-order chi connectivity index (χ1) is 13.9. The number of nitrogens with one attached hydrogen (secondary N) is 1. The van der Waals surface area contributed by atoms with E-state index in [1.54, 1.807) is 30.0 Å². The first-order valence-electron chi connectivity index (χ1n) is 10.1. The maximum absolute atomic E-state index is 12.6. The summed E-state index contributed by atoms with van der Waals surface area (Å²) in [6.45, 7) is 4.93. The molecule has 2 heterocycles. The van der Waals surface area contributed by atoms with Crippen LogP contribution in [-0.4, -0.2) is 76.7 Å². The van der Waals surface area contributed by atoms with Crippen LogP contribution in [0.2, 0.25) is 10.0 Å². The summed E-state index contributed by atoms with van der Waals surface area (Å²) >= 11 is 11.9. The molecule has 1 aromatic rings. The molecule has 2 unspecified atom stereocenters. The molecule has 0 spiro atoms. The van der Waals surface area contributed by atoms with Gasteiger partial charge in [0.05, 0.1) is 16.1 Å². The molecule has 7 nitrogen and oxygen atoms in total. The minimum Gasteiger partial charge on any atom is -0.376 e. The van der Waals surface area contributed by atoms with Gasteiger partial charge in [0.15, 0.2) is 0 Å². The number of hydrogen-bond donors (Lipinski definition) is 2. The average Bonchev–Trinajstić information content (AvgIpc) is 2.72. The molecule has 2 N–H and O–H groups in total. The highest BCUT2D eigenvalue weighted by atomic mass is 35.5. The Bertz CT molecular complexity index is 742. The number of nitrogens with zero attached hydrogens (tertiary/aromatic N) is 3. The van der Waals surface area contributed by atoms with Crippen LogP contribution in [-0.2, 0) is 4.79 Å². The standard InChI is InChI=1S/C20H28Cl2N4O3/c1-14-19(28)25(10-7-18(27)24-8-3-2-4-9-24)11-12-26(14)20(29)23-15-5-6-16(21)17(22)13-15/h5-6,13-14,19,28H,2-4,7-12H2,1H3,(H,23,29). The molecule has 2 fully saturated rings. The molecule has 29 heavy (non-hydrogen) atoms. The van der Waals surface area contributed by atoms with Crippen LogP contribution in [0.3, 0.4) is 0 Å². The summed E-state index contributed by atoms with van der Waals surface area (Å²) in [5.41, 5.74) is 0.542. The van der Waals surface area contributed by atoms with E-state index in [0.717, 1.165) is 25.9 Å². The van der Waals surface area contributed by atoms with Gasteiger partial charge in [0.1, 0.15) is 6.23 Å². The lowest BCUT2D eigenvalue weighted by Gasteiger charge is -2.43. The fraction of sp³-hybridized carbons (Fsp3) is 0.600. The van der Waals surface area contributed by atoms with Gasteiger partial charge in [0.2, 0.25) is 5.91 Å². The Hall–Kier alpha value is -1.54. The number of carbonyl (C=O) groups is 2. The Kier molecular flexibility index (Phi) is 7.62. The van der Waals surface area contributed by atoms with Crippen LogP contribution in [0.5, 0.6) is 0 Å². The predicted octanol–water partition coefficient (Wildman–Crippen LogP) is 3.25. The molecule has 0 aromatic heterocycles. The van der Waals surface area contributed by atoms with E-state index < -0.39 is 12.3 Å². The quantitative estimate of drug-likeness (QED) is 0.749. The minimum absolute atomic E-state index is 0.143. The predicted molar refractivity (Wildman–Crippen MR) is 114 cm³/mol. The highest BCUT2D eigenvalue weighted by Gasteiger charge is 2.35. The van der Waals surface area contributed by atoms with Gasteiger partial charge in [-0.05, 0) is 44.4 Å². The van der Waals surface area contributed by atoms with E-state index in [-0.39, 0.29) is 11.9 Å². The van der Waals surface area contributed by atoms with Crippen LogP contribution in [0.15, 0.2) is 18.2 Å². The Balaban J connectivity index is 1.51. The van der Waals surface area contributed by atoms with Crippen LogP contribution in [0.4, 0.5) is 10.5 Å². The van der Waals surface area contributed by atoms with Crippen molar-refractivity contribution in [2.45, 2.75) is 44.9 Å². The monoisotopic (exact) mass is 442 g/mol. The Morgan fingerprint density at radius 2 is 1.83 bits per heavy atom. The molecule has 1 aromatic carbocycles. The zero-order chi connectivity index (χ0) is 21.0. The lowest BCUT2D eigenvalue weighted by molar-refractivity contribution is -0.134. The van der Waals surface area contributed by atoms with Crippen LogP contribution >= 0.6 is 23.2 Å². The Morgan fingerprint density at radius 3 is 2.52 bits per heavy atom. The third-order valence-electron chi connectivity index (χ3n) is 5.68. The van der Waals surface area contributed by atoms with E-state index in [4.69, 9.17) is 23.2 Å². The van der Waals surface area contributed by atoms with E-state index in [1.165, 1.54) is 6.42 Å². The van der Waals surface area contributed by atoms with Gasteiger partial charge in [0, 0.05) is 44.8 Å². The van der Waals surface area contributed by atoms with E-state index in [1.807, 2.05) is 9.80 Å². The van der Waals surface area contributed by atoms with Crippen molar-refractivity contribution in [3.05, 3.63) is 28.2 Å². The average molecular weight is 443 g/mol. The lowest BCUT2D eigenvalue weighted by atomic mass is 10.1. The van der Waals surface area contributed by atoms with Crippen molar-refractivity contribution < 1.29 is 14.7 Å². The van der Waals surface area contributed by atoms with Crippen molar-refractivity contribution in [3.63, 3.8) is 0 Å². The van der Waals surface area contributed by atoms with E-state index in [9.17, 15) is 14.7 Å². The molecule has 0 radical (unpaired) electrons. The zero-order valence-corrected chi connectivity index (χ0v) is 18.1. The maximum atomic E-state index is 12.6. The molecule has 2 atom stereocenters. The zero-order valence-electron chi connectivity index (χ0n) is 16.6. The van der Waals surface area contributed by atoms with Crippen LogP contribution in [0.25, 0.3) is 0 Å². The van der Waals surface area contributed by atoms with Crippen molar-refractivity contribution in [2.24, 2.45) is 0 Å². The van der Waals surface area contributed by atoms with Gasteiger partial charge < -0.3 is 20.2 Å². The molecule has 0 saturated carbocycles. The van der Waals surface area contributed by atoms with E-state index in [0.29, 0.717) is 41.8 Å². The van der Waals surface area contributed by atoms with Crippen molar-refractivity contribution >= 4 is 40.8 Å². The molecule has 0 bridgehead atoms. The summed E-state index contributed by atoms with van der Waals surface area (Å²) in [6.07, 6.45) is 2.89. The molecule has 0 aliphatic carbocycles. The molecule has 2 aliphatic rings. The summed E-state index contributed by atoms with van der Waals surface area (Å²) < 4.78 is 0. The lowest BCUT2D eigenvalue weighted by Crippen LogP contribution is -2.61. The highest BCUT2D eigenvalue weighted by Crippen LogP contribution is 2.26. The van der Waals surface area contributed by atoms with Crippen molar-refractivity contribution in [1.82, 2.24) is 14.7 Å². The second-order valence-electron chi connectivity index (χ2n) is 7.63. The molecule has 2 saturated heterocycles. The van der Waals surface area contributed by atoms with Crippen molar-refractivity contribution in [2.75, 3.05) is 38.0 Å². The van der Waals surface area contributed by atoms with Gasteiger partial charge in [0.25, 0.3) is 0 Å². The summed E-state index contributed by atoms with van der Waals surface area (Å²) in [5.74, 6) is 0.143. The first-order valence-corrected chi connectivity index (χ1v) is 10.8. The van der Waals surface area contributed by atoms with Gasteiger partial charge in [-0.25, -0.2) is 4.79 Å². The third kappa shape index (κ3) is 5.54. The number of aliphatic hydroxyl groups is 1. The molecule has 3 amide bonds.